The lowest BCUT2D eigenvalue weighted by atomic mass is 10.3. The number of benzene rings is 1. The van der Waals surface area contributed by atoms with Crippen LogP contribution in [0.4, 0.5) is 15.9 Å². The zero-order valence-electron chi connectivity index (χ0n) is 9.97. The minimum absolute atomic E-state index is 0.0643. The van der Waals surface area contributed by atoms with Crippen molar-refractivity contribution in [3.8, 4) is 0 Å². The van der Waals surface area contributed by atoms with Gasteiger partial charge in [-0.05, 0) is 30.3 Å². The smallest absolute Gasteiger partial charge is 0.263 e. The number of anilines is 2. The van der Waals surface area contributed by atoms with Crippen molar-refractivity contribution in [1.29, 1.82) is 0 Å². The van der Waals surface area contributed by atoms with Crippen LogP contribution in [0.5, 0.6) is 0 Å². The molecule has 0 amide bonds. The molecule has 0 aliphatic rings. The minimum Gasteiger partial charge on any atom is -0.307 e. The lowest BCUT2D eigenvalue weighted by Gasteiger charge is -2.09. The van der Waals surface area contributed by atoms with Crippen LogP contribution < -0.4 is 16.0 Å². The molecule has 20 heavy (non-hydrogen) atoms. The molecule has 0 aliphatic carbocycles. The minimum atomic E-state index is -3.86. The zero-order chi connectivity index (χ0) is 14.8. The summed E-state index contributed by atoms with van der Waals surface area (Å²) < 4.78 is 39.2. The van der Waals surface area contributed by atoms with E-state index in [1.807, 2.05) is 0 Å². The van der Waals surface area contributed by atoms with E-state index in [-0.39, 0.29) is 21.4 Å². The second-order valence-corrected chi connectivity index (χ2v) is 5.85. The van der Waals surface area contributed by atoms with Crippen molar-refractivity contribution < 1.29 is 12.8 Å². The van der Waals surface area contributed by atoms with E-state index in [1.165, 1.54) is 18.2 Å². The monoisotopic (exact) mass is 316 g/mol. The first-order valence-electron chi connectivity index (χ1n) is 5.33. The molecule has 2 aromatic rings. The topological polar surface area (TPSA) is 97.1 Å². The van der Waals surface area contributed by atoms with Crippen molar-refractivity contribution in [2.24, 2.45) is 5.84 Å². The molecule has 0 atom stereocenters. The summed E-state index contributed by atoms with van der Waals surface area (Å²) >= 11 is 5.81. The molecular weight excluding hydrogens is 307 g/mol. The normalized spacial score (nSPS) is 11.2. The van der Waals surface area contributed by atoms with Crippen LogP contribution in [0.3, 0.4) is 0 Å². The van der Waals surface area contributed by atoms with Crippen LogP contribution in [-0.2, 0) is 10.0 Å². The first-order chi connectivity index (χ1) is 9.42. The quantitative estimate of drug-likeness (QED) is 0.592. The highest BCUT2D eigenvalue weighted by molar-refractivity contribution is 7.92. The van der Waals surface area contributed by atoms with Gasteiger partial charge in [0, 0.05) is 11.9 Å². The predicted molar refractivity (Wildman–Crippen MR) is 74.3 cm³/mol. The second-order valence-electron chi connectivity index (χ2n) is 3.76. The Hall–Kier alpha value is -1.90. The van der Waals surface area contributed by atoms with Crippen LogP contribution in [0.25, 0.3) is 0 Å². The molecule has 0 fully saturated rings. The van der Waals surface area contributed by atoms with Crippen LogP contribution in [0, 0.1) is 5.82 Å². The zero-order valence-corrected chi connectivity index (χ0v) is 11.5. The number of hydrazine groups is 1. The summed E-state index contributed by atoms with van der Waals surface area (Å²) in [6.45, 7) is 0. The average Bonchev–Trinajstić information content (AvgIpc) is 2.41. The number of hydrogen-bond acceptors (Lipinski definition) is 5. The van der Waals surface area contributed by atoms with Gasteiger partial charge < -0.3 is 5.43 Å². The van der Waals surface area contributed by atoms with E-state index in [4.69, 9.17) is 17.4 Å². The fourth-order valence-electron chi connectivity index (χ4n) is 1.41. The molecule has 0 spiro atoms. The summed E-state index contributed by atoms with van der Waals surface area (Å²) in [5, 5.41) is 0.0643. The van der Waals surface area contributed by atoms with Crippen LogP contribution in [0.1, 0.15) is 0 Å². The molecule has 4 N–H and O–H groups in total. The molecule has 0 bridgehead atoms. The summed E-state index contributed by atoms with van der Waals surface area (Å²) in [5.74, 6) is 4.85. The largest absolute Gasteiger partial charge is 0.307 e. The van der Waals surface area contributed by atoms with Crippen molar-refractivity contribution in [2.45, 2.75) is 4.90 Å². The van der Waals surface area contributed by atoms with Gasteiger partial charge in [0.05, 0.1) is 5.02 Å². The SMILES string of the molecule is NNc1ncc(S(=O)(=O)Nc2ccc(F)cc2)cc1Cl. The molecule has 1 aromatic heterocycles. The molecule has 0 saturated heterocycles. The number of aromatic nitrogens is 1. The highest BCUT2D eigenvalue weighted by Gasteiger charge is 2.16. The number of nitrogens with one attached hydrogen (secondary N) is 2. The van der Waals surface area contributed by atoms with Gasteiger partial charge in [0.1, 0.15) is 10.7 Å². The van der Waals surface area contributed by atoms with E-state index >= 15 is 0 Å². The standard InChI is InChI=1S/C11H10ClFN4O2S/c12-10-5-9(6-15-11(10)16-14)20(18,19)17-8-3-1-7(13)2-4-8/h1-6,17H,14H2,(H,15,16). The van der Waals surface area contributed by atoms with Gasteiger partial charge in [-0.3, -0.25) is 4.72 Å². The van der Waals surface area contributed by atoms with Gasteiger partial charge in [-0.2, -0.15) is 0 Å². The number of halogens is 2. The van der Waals surface area contributed by atoms with Crippen molar-refractivity contribution in [3.63, 3.8) is 0 Å². The first-order valence-corrected chi connectivity index (χ1v) is 7.19. The van der Waals surface area contributed by atoms with Gasteiger partial charge in [0.15, 0.2) is 5.82 Å². The molecule has 0 aliphatic heterocycles. The van der Waals surface area contributed by atoms with Gasteiger partial charge in [-0.25, -0.2) is 23.6 Å². The fourth-order valence-corrected chi connectivity index (χ4v) is 2.72. The molecule has 0 saturated carbocycles. The Bertz CT molecular complexity index is 722. The molecule has 1 aromatic carbocycles. The molecule has 0 unspecified atom stereocenters. The Morgan fingerprint density at radius 3 is 2.45 bits per heavy atom. The lowest BCUT2D eigenvalue weighted by molar-refractivity contribution is 0.600. The number of nitrogens with zero attached hydrogens (tertiary/aromatic N) is 1. The number of sulfonamides is 1. The third kappa shape index (κ3) is 3.16. The van der Waals surface area contributed by atoms with Crippen molar-refractivity contribution in [2.75, 3.05) is 10.1 Å². The molecular formula is C11H10ClFN4O2S. The fraction of sp³-hybridized carbons (Fsp3) is 0. The van der Waals surface area contributed by atoms with Gasteiger partial charge >= 0.3 is 0 Å². The number of nitrogen functional groups attached to an aromatic ring is 1. The van der Waals surface area contributed by atoms with Crippen molar-refractivity contribution in [1.82, 2.24) is 4.98 Å². The third-order valence-corrected chi connectivity index (χ3v) is 4.00. The number of hydrogen-bond donors (Lipinski definition) is 3. The summed E-state index contributed by atoms with van der Waals surface area (Å²) in [5.41, 5.74) is 2.46. The third-order valence-electron chi connectivity index (χ3n) is 2.36. The van der Waals surface area contributed by atoms with Crippen LogP contribution in [-0.4, -0.2) is 13.4 Å². The first kappa shape index (κ1) is 14.5. The molecule has 1 heterocycles. The van der Waals surface area contributed by atoms with Crippen LogP contribution in [0.2, 0.25) is 5.02 Å². The lowest BCUT2D eigenvalue weighted by Crippen LogP contribution is -2.14. The van der Waals surface area contributed by atoms with E-state index in [0.717, 1.165) is 18.3 Å². The molecule has 9 heteroatoms. The summed E-state index contributed by atoms with van der Waals surface area (Å²) in [6, 6.07) is 6.10. The van der Waals surface area contributed by atoms with Crippen LogP contribution in [0.15, 0.2) is 41.4 Å². The van der Waals surface area contributed by atoms with E-state index in [2.05, 4.69) is 15.1 Å². The molecule has 6 nitrogen and oxygen atoms in total. The van der Waals surface area contributed by atoms with Crippen molar-refractivity contribution >= 4 is 33.1 Å². The van der Waals surface area contributed by atoms with Crippen molar-refractivity contribution in [3.05, 3.63) is 47.4 Å². The van der Waals surface area contributed by atoms with E-state index < -0.39 is 15.8 Å². The maximum atomic E-state index is 12.8. The predicted octanol–water partition coefficient (Wildman–Crippen LogP) is 1.96. The average molecular weight is 317 g/mol. The highest BCUT2D eigenvalue weighted by Crippen LogP contribution is 2.23. The van der Waals surface area contributed by atoms with Gasteiger partial charge in [0.25, 0.3) is 10.0 Å². The Labute approximate surface area is 119 Å². The molecule has 106 valence electrons. The van der Waals surface area contributed by atoms with Gasteiger partial charge in [-0.1, -0.05) is 11.6 Å². The second kappa shape index (κ2) is 5.61. The maximum absolute atomic E-state index is 12.8. The van der Waals surface area contributed by atoms with Gasteiger partial charge in [-0.15, -0.1) is 0 Å². The summed E-state index contributed by atoms with van der Waals surface area (Å²) in [7, 11) is -3.86. The number of rotatable bonds is 4. The maximum Gasteiger partial charge on any atom is 0.263 e. The summed E-state index contributed by atoms with van der Waals surface area (Å²) in [6.07, 6.45) is 1.10. The number of nitrogens with two attached hydrogens (primary N) is 1. The highest BCUT2D eigenvalue weighted by atomic mass is 35.5. The van der Waals surface area contributed by atoms with Gasteiger partial charge in [0.2, 0.25) is 0 Å². The van der Waals surface area contributed by atoms with E-state index in [9.17, 15) is 12.8 Å². The Morgan fingerprint density at radius 2 is 1.90 bits per heavy atom. The Balaban J connectivity index is 2.30. The van der Waals surface area contributed by atoms with E-state index in [0.29, 0.717) is 0 Å². The van der Waals surface area contributed by atoms with E-state index in [1.54, 1.807) is 0 Å². The Morgan fingerprint density at radius 1 is 1.25 bits per heavy atom. The molecule has 0 radical (unpaired) electrons. The number of pyridine rings is 1. The van der Waals surface area contributed by atoms with Crippen LogP contribution >= 0.6 is 11.6 Å². The molecule has 2 rings (SSSR count). The summed E-state index contributed by atoms with van der Waals surface area (Å²) in [4.78, 5) is 3.64. The Kier molecular flexibility index (Phi) is 4.07.